The molecule has 2 aliphatic rings. The minimum absolute atomic E-state index is 0.121. The number of aliphatic hydroxyl groups excluding tert-OH is 1. The third-order valence-corrected chi connectivity index (χ3v) is 4.73. The summed E-state index contributed by atoms with van der Waals surface area (Å²) >= 11 is 3.48. The Morgan fingerprint density at radius 1 is 1.17 bits per heavy atom. The second kappa shape index (κ2) is 4.86. The molecule has 1 N–H and O–H groups in total. The first-order chi connectivity index (χ1) is 8.69. The van der Waals surface area contributed by atoms with Crippen LogP contribution in [0.15, 0.2) is 22.7 Å². The van der Waals surface area contributed by atoms with Gasteiger partial charge >= 0.3 is 0 Å². The SMILES string of the molecule is O[C@H]1CC2(CCCCCC2)Oc2cc(Br)ccc21. The van der Waals surface area contributed by atoms with Crippen molar-refractivity contribution in [1.82, 2.24) is 0 Å². The van der Waals surface area contributed by atoms with E-state index in [9.17, 15) is 5.11 Å². The summed E-state index contributed by atoms with van der Waals surface area (Å²) in [6.45, 7) is 0. The third kappa shape index (κ3) is 2.30. The molecule has 1 aliphatic heterocycles. The molecule has 18 heavy (non-hydrogen) atoms. The number of ether oxygens (including phenoxy) is 1. The van der Waals surface area contributed by atoms with Gasteiger partial charge in [-0.05, 0) is 37.8 Å². The van der Waals surface area contributed by atoms with Crippen LogP contribution in [0.3, 0.4) is 0 Å². The van der Waals surface area contributed by atoms with Gasteiger partial charge in [-0.15, -0.1) is 0 Å². The minimum Gasteiger partial charge on any atom is -0.487 e. The van der Waals surface area contributed by atoms with Crippen LogP contribution in [0.1, 0.15) is 56.6 Å². The van der Waals surface area contributed by atoms with E-state index in [1.165, 1.54) is 25.7 Å². The van der Waals surface area contributed by atoms with Crippen LogP contribution in [0.25, 0.3) is 0 Å². The molecule has 0 unspecified atom stereocenters. The molecule has 0 bridgehead atoms. The fourth-order valence-corrected chi connectivity index (χ4v) is 3.63. The zero-order valence-corrected chi connectivity index (χ0v) is 12.1. The molecule has 0 saturated heterocycles. The molecule has 1 spiro atoms. The summed E-state index contributed by atoms with van der Waals surface area (Å²) in [5.41, 5.74) is 0.817. The molecule has 1 aromatic rings. The Morgan fingerprint density at radius 3 is 2.61 bits per heavy atom. The van der Waals surface area contributed by atoms with Gasteiger partial charge in [-0.25, -0.2) is 0 Å². The van der Waals surface area contributed by atoms with E-state index in [1.807, 2.05) is 18.2 Å². The van der Waals surface area contributed by atoms with E-state index in [-0.39, 0.29) is 11.7 Å². The zero-order chi connectivity index (χ0) is 12.6. The minimum atomic E-state index is -0.375. The average molecular weight is 311 g/mol. The van der Waals surface area contributed by atoms with Crippen molar-refractivity contribution in [2.24, 2.45) is 0 Å². The van der Waals surface area contributed by atoms with Crippen molar-refractivity contribution in [2.45, 2.75) is 56.7 Å². The lowest BCUT2D eigenvalue weighted by atomic mass is 9.83. The molecule has 3 heteroatoms. The molecular weight excluding hydrogens is 292 g/mol. The molecule has 0 radical (unpaired) electrons. The molecule has 1 aliphatic carbocycles. The summed E-state index contributed by atoms with van der Waals surface area (Å²) < 4.78 is 7.31. The number of benzene rings is 1. The Labute approximate surface area is 116 Å². The van der Waals surface area contributed by atoms with Crippen molar-refractivity contribution in [3.63, 3.8) is 0 Å². The normalized spacial score (nSPS) is 26.2. The third-order valence-electron chi connectivity index (χ3n) is 4.24. The van der Waals surface area contributed by atoms with Crippen LogP contribution in [-0.2, 0) is 0 Å². The summed E-state index contributed by atoms with van der Waals surface area (Å²) in [6, 6.07) is 5.93. The maximum absolute atomic E-state index is 10.4. The Morgan fingerprint density at radius 2 is 1.89 bits per heavy atom. The predicted molar refractivity (Wildman–Crippen MR) is 74.8 cm³/mol. The van der Waals surface area contributed by atoms with E-state index in [2.05, 4.69) is 15.9 Å². The largest absolute Gasteiger partial charge is 0.487 e. The van der Waals surface area contributed by atoms with Gasteiger partial charge in [-0.2, -0.15) is 0 Å². The van der Waals surface area contributed by atoms with Crippen LogP contribution in [0, 0.1) is 0 Å². The Balaban J connectivity index is 1.93. The van der Waals surface area contributed by atoms with E-state index in [4.69, 9.17) is 4.74 Å². The summed E-state index contributed by atoms with van der Waals surface area (Å²) in [5, 5.41) is 10.4. The Bertz CT molecular complexity index is 436. The molecule has 0 amide bonds. The van der Waals surface area contributed by atoms with Gasteiger partial charge in [0, 0.05) is 16.5 Å². The lowest BCUT2D eigenvalue weighted by Crippen LogP contribution is -2.40. The van der Waals surface area contributed by atoms with E-state index >= 15 is 0 Å². The van der Waals surface area contributed by atoms with Gasteiger partial charge in [-0.3, -0.25) is 0 Å². The first kappa shape index (κ1) is 12.5. The average Bonchev–Trinajstić information content (AvgIpc) is 2.54. The highest BCUT2D eigenvalue weighted by atomic mass is 79.9. The second-order valence-corrected chi connectivity index (χ2v) is 6.52. The van der Waals surface area contributed by atoms with Crippen LogP contribution in [0.2, 0.25) is 0 Å². The standard InChI is InChI=1S/C15H19BrO2/c16-11-5-6-12-13(17)10-15(18-14(12)9-11)7-3-1-2-4-8-15/h5-6,9,13,17H,1-4,7-8,10H2/t13-/m0/s1. The summed E-state index contributed by atoms with van der Waals surface area (Å²) in [4.78, 5) is 0. The van der Waals surface area contributed by atoms with Crippen LogP contribution >= 0.6 is 15.9 Å². The monoisotopic (exact) mass is 310 g/mol. The molecule has 1 heterocycles. The van der Waals surface area contributed by atoms with Crippen LogP contribution < -0.4 is 4.74 Å². The number of hydrogen-bond donors (Lipinski definition) is 1. The maximum atomic E-state index is 10.4. The molecule has 1 fully saturated rings. The fraction of sp³-hybridized carbons (Fsp3) is 0.600. The summed E-state index contributed by atoms with van der Waals surface area (Å²) in [7, 11) is 0. The molecule has 98 valence electrons. The number of halogens is 1. The molecular formula is C15H19BrO2. The second-order valence-electron chi connectivity index (χ2n) is 5.60. The molecule has 3 rings (SSSR count). The number of fused-ring (bicyclic) bond motifs is 1. The highest BCUT2D eigenvalue weighted by Gasteiger charge is 2.40. The van der Waals surface area contributed by atoms with Crippen LogP contribution in [-0.4, -0.2) is 10.7 Å². The molecule has 1 atom stereocenters. The summed E-state index contributed by atoms with van der Waals surface area (Å²) in [5.74, 6) is 0.866. The first-order valence-corrected chi connectivity index (χ1v) is 7.64. The van der Waals surface area contributed by atoms with Crippen molar-refractivity contribution in [2.75, 3.05) is 0 Å². The van der Waals surface area contributed by atoms with Gasteiger partial charge in [0.15, 0.2) is 0 Å². The van der Waals surface area contributed by atoms with Gasteiger partial charge in [0.2, 0.25) is 0 Å². The van der Waals surface area contributed by atoms with E-state index in [0.29, 0.717) is 0 Å². The van der Waals surface area contributed by atoms with Crippen molar-refractivity contribution in [1.29, 1.82) is 0 Å². The predicted octanol–water partition coefficient (Wildman–Crippen LogP) is 4.36. The van der Waals surface area contributed by atoms with Gasteiger partial charge < -0.3 is 9.84 Å². The fourth-order valence-electron chi connectivity index (χ4n) is 3.29. The van der Waals surface area contributed by atoms with Gasteiger partial charge in [0.05, 0.1) is 6.10 Å². The van der Waals surface area contributed by atoms with Gasteiger partial charge in [0.1, 0.15) is 11.4 Å². The molecule has 1 saturated carbocycles. The Kier molecular flexibility index (Phi) is 3.37. The van der Waals surface area contributed by atoms with Crippen molar-refractivity contribution in [3.05, 3.63) is 28.2 Å². The molecule has 2 nitrogen and oxygen atoms in total. The van der Waals surface area contributed by atoms with Crippen LogP contribution in [0.4, 0.5) is 0 Å². The Hall–Kier alpha value is -0.540. The van der Waals surface area contributed by atoms with E-state index in [0.717, 1.165) is 35.0 Å². The van der Waals surface area contributed by atoms with Gasteiger partial charge in [-0.1, -0.05) is 34.8 Å². The molecule has 0 aromatic heterocycles. The van der Waals surface area contributed by atoms with Crippen molar-refractivity contribution in [3.8, 4) is 5.75 Å². The lowest BCUT2D eigenvalue weighted by molar-refractivity contribution is -0.0245. The van der Waals surface area contributed by atoms with Crippen molar-refractivity contribution >= 4 is 15.9 Å². The quantitative estimate of drug-likeness (QED) is 0.771. The molecule has 1 aromatic carbocycles. The number of hydrogen-bond acceptors (Lipinski definition) is 2. The number of rotatable bonds is 0. The smallest absolute Gasteiger partial charge is 0.127 e. The topological polar surface area (TPSA) is 29.5 Å². The highest BCUT2D eigenvalue weighted by molar-refractivity contribution is 9.10. The lowest BCUT2D eigenvalue weighted by Gasteiger charge is -2.40. The van der Waals surface area contributed by atoms with E-state index in [1.54, 1.807) is 0 Å². The first-order valence-electron chi connectivity index (χ1n) is 6.85. The summed E-state index contributed by atoms with van der Waals surface area (Å²) in [6.07, 6.45) is 7.57. The highest BCUT2D eigenvalue weighted by Crippen LogP contribution is 2.46. The van der Waals surface area contributed by atoms with Crippen LogP contribution in [0.5, 0.6) is 5.75 Å². The van der Waals surface area contributed by atoms with Crippen molar-refractivity contribution < 1.29 is 9.84 Å². The maximum Gasteiger partial charge on any atom is 0.127 e. The number of aliphatic hydroxyl groups is 1. The van der Waals surface area contributed by atoms with Gasteiger partial charge in [0.25, 0.3) is 0 Å². The van der Waals surface area contributed by atoms with E-state index < -0.39 is 0 Å². The zero-order valence-electron chi connectivity index (χ0n) is 10.5.